The largest absolute Gasteiger partial charge is 0.501 e. The van der Waals surface area contributed by atoms with Crippen LogP contribution >= 0.6 is 0 Å². The summed E-state index contributed by atoms with van der Waals surface area (Å²) in [4.78, 5) is 9.61. The molecule has 1 spiro atoms. The van der Waals surface area contributed by atoms with E-state index < -0.39 is 8.07 Å². The predicted octanol–water partition coefficient (Wildman–Crippen LogP) is 14.7. The Hall–Kier alpha value is -5.13. The third-order valence-electron chi connectivity index (χ3n) is 14.7. The predicted molar refractivity (Wildman–Crippen MR) is 258 cm³/mol. The Morgan fingerprint density at radius 2 is 1.40 bits per heavy atom. The number of para-hydroxylation sites is 1. The molecule has 9 aromatic rings. The van der Waals surface area contributed by atoms with E-state index in [2.05, 4.69) is 137 Å². The first-order chi connectivity index (χ1) is 30.1. The number of pyridine rings is 2. The summed E-state index contributed by atoms with van der Waals surface area (Å²) in [5.74, 6) is 3.50. The molecule has 1 radical (unpaired) electrons. The number of nitrogens with zero attached hydrogens (tertiary/aromatic N) is 2. The molecule has 4 nitrogen and oxygen atoms in total. The minimum atomic E-state index is -1.44. The maximum atomic E-state index is 6.47. The first-order valence-corrected chi connectivity index (χ1v) is 26.3. The van der Waals surface area contributed by atoms with Gasteiger partial charge < -0.3 is 18.8 Å². The molecule has 0 N–H and O–H groups in total. The van der Waals surface area contributed by atoms with E-state index in [-0.39, 0.29) is 20.1 Å². The van der Waals surface area contributed by atoms with E-state index in [1.165, 1.54) is 66.0 Å². The van der Waals surface area contributed by atoms with Gasteiger partial charge >= 0.3 is 0 Å². The van der Waals surface area contributed by atoms with E-state index in [1.807, 2.05) is 36.5 Å². The van der Waals surface area contributed by atoms with Crippen molar-refractivity contribution in [2.45, 2.75) is 78.4 Å². The second-order valence-corrected chi connectivity index (χ2v) is 25.0. The molecule has 3 aliphatic rings. The van der Waals surface area contributed by atoms with Gasteiger partial charge in [-0.1, -0.05) is 139 Å². The van der Waals surface area contributed by atoms with E-state index >= 15 is 0 Å². The molecule has 4 unspecified atom stereocenters. The first-order valence-electron chi connectivity index (χ1n) is 22.8. The normalized spacial score (nSPS) is 20.2. The van der Waals surface area contributed by atoms with Gasteiger partial charge in [0.15, 0.2) is 0 Å². The van der Waals surface area contributed by atoms with Gasteiger partial charge in [-0.2, -0.15) is 0 Å². The van der Waals surface area contributed by atoms with Gasteiger partial charge in [-0.3, -0.25) is 0 Å². The monoisotopic (exact) mass is 1020 g/mol. The zero-order valence-electron chi connectivity index (χ0n) is 36.9. The molecule has 4 heterocycles. The fraction of sp³-hybridized carbons (Fsp3) is 0.298. The molecule has 6 heteroatoms. The van der Waals surface area contributed by atoms with Crippen LogP contribution in [0.4, 0.5) is 0 Å². The average molecular weight is 1020 g/mol. The molecular weight excluding hydrogens is 965 g/mol. The Balaban J connectivity index is 0.000000153. The molecular formula is C57H54IrN2O2Si-2. The van der Waals surface area contributed by atoms with Gasteiger partial charge in [0.05, 0.1) is 19.2 Å². The molecule has 5 aromatic carbocycles. The van der Waals surface area contributed by atoms with E-state index in [0.717, 1.165) is 96.0 Å². The maximum absolute atomic E-state index is 6.47. The van der Waals surface area contributed by atoms with Crippen LogP contribution in [-0.2, 0) is 32.9 Å². The summed E-state index contributed by atoms with van der Waals surface area (Å²) >= 11 is 0. The fourth-order valence-corrected chi connectivity index (χ4v) is 13.3. The number of fused-ring (bicyclic) bond motifs is 6. The summed E-state index contributed by atoms with van der Waals surface area (Å²) < 4.78 is 12.7. The summed E-state index contributed by atoms with van der Waals surface area (Å²) in [5, 5.41) is 5.99. The smallest absolute Gasteiger partial charge is 0.121 e. The number of benzene rings is 5. The van der Waals surface area contributed by atoms with E-state index in [9.17, 15) is 0 Å². The van der Waals surface area contributed by atoms with Crippen molar-refractivity contribution in [1.29, 1.82) is 0 Å². The van der Waals surface area contributed by atoms with Crippen molar-refractivity contribution in [3.05, 3.63) is 151 Å². The third-order valence-corrected chi connectivity index (χ3v) is 16.8. The zero-order valence-corrected chi connectivity index (χ0v) is 40.3. The Kier molecular flexibility index (Phi) is 10.9. The molecule has 0 bridgehead atoms. The van der Waals surface area contributed by atoms with Gasteiger partial charge in [-0.05, 0) is 120 Å². The molecule has 63 heavy (non-hydrogen) atoms. The molecule has 3 aliphatic carbocycles. The number of hydrogen-bond acceptors (Lipinski definition) is 4. The Morgan fingerprint density at radius 3 is 2.11 bits per heavy atom. The first kappa shape index (κ1) is 41.9. The molecule has 3 fully saturated rings. The number of furan rings is 2. The van der Waals surface area contributed by atoms with Crippen molar-refractivity contribution in [1.82, 2.24) is 9.97 Å². The molecule has 4 aromatic heterocycles. The Labute approximate surface area is 385 Å². The van der Waals surface area contributed by atoms with Gasteiger partial charge in [0, 0.05) is 43.3 Å². The Morgan fingerprint density at radius 1 is 0.698 bits per heavy atom. The van der Waals surface area contributed by atoms with Crippen molar-refractivity contribution >= 4 is 57.1 Å². The van der Waals surface area contributed by atoms with Gasteiger partial charge in [0.2, 0.25) is 0 Å². The van der Waals surface area contributed by atoms with Crippen LogP contribution in [0.3, 0.4) is 0 Å². The van der Waals surface area contributed by atoms with Gasteiger partial charge in [-0.25, -0.2) is 0 Å². The van der Waals surface area contributed by atoms with Crippen LogP contribution in [-0.4, -0.2) is 18.0 Å². The summed E-state index contributed by atoms with van der Waals surface area (Å²) in [6, 6.07) is 47.0. The summed E-state index contributed by atoms with van der Waals surface area (Å²) in [6.45, 7) is 11.7. The van der Waals surface area contributed by atoms with Crippen molar-refractivity contribution in [2.24, 2.45) is 29.1 Å². The number of hydrogen-bond donors (Lipinski definition) is 0. The van der Waals surface area contributed by atoms with Crippen LogP contribution in [0.1, 0.15) is 57.1 Å². The third kappa shape index (κ3) is 7.42. The Bertz CT molecular complexity index is 3120. The van der Waals surface area contributed by atoms with E-state index in [0.29, 0.717) is 5.92 Å². The van der Waals surface area contributed by atoms with Crippen LogP contribution in [0.15, 0.2) is 136 Å². The van der Waals surface area contributed by atoms with Crippen LogP contribution < -0.4 is 5.19 Å². The zero-order chi connectivity index (χ0) is 42.2. The molecule has 3 saturated carbocycles. The number of aromatic nitrogens is 2. The van der Waals surface area contributed by atoms with Crippen LogP contribution in [0.2, 0.25) is 19.6 Å². The second-order valence-electron chi connectivity index (χ2n) is 19.9. The molecule has 12 rings (SSSR count). The van der Waals surface area contributed by atoms with Crippen molar-refractivity contribution in [3.63, 3.8) is 0 Å². The molecule has 0 amide bonds. The standard InChI is InChI=1S/C33H28NO.C24H26NOSi.Ir/c1-2-5-22(6-3-1)23-9-11-26-27-7-4-8-28(32(27)35-31(26)19-23)30-18-21(14-16-34-30)17-24-20-33-15-13-25(33)10-12-29(24)33;1-16(2)13-17-14-21(25-15-23(17)27(3,4)5)20-11-8-10-19-18-9-6-7-12-22(18)26-24(19)20;/h1-7,9,11,14,16,18-19,24-25,29H,10,12-13,15,17,20H2;6-10,12,14-16H,13H2,1-5H3;/q2*-1;. The van der Waals surface area contributed by atoms with Crippen molar-refractivity contribution < 1.29 is 28.9 Å². The van der Waals surface area contributed by atoms with Gasteiger partial charge in [0.25, 0.3) is 0 Å². The summed E-state index contributed by atoms with van der Waals surface area (Å²) in [7, 11) is -1.44. The van der Waals surface area contributed by atoms with Crippen molar-refractivity contribution in [3.8, 4) is 33.6 Å². The quantitative estimate of drug-likeness (QED) is 0.112. The van der Waals surface area contributed by atoms with Crippen LogP contribution in [0, 0.1) is 41.2 Å². The molecule has 319 valence electrons. The SMILES string of the molecule is CC(C)Cc1cc(-c2[c-]ccc3c2oc2ccccc23)ncc1[Si](C)(C)C.[Ir].[c-]1ccc2c(oc3cc(-c4ccccc4)ccc32)c1-c1cc(CC2CC34CCC3CCC24)ccn1. The molecule has 0 saturated heterocycles. The van der Waals surface area contributed by atoms with Gasteiger partial charge in [-0.15, -0.1) is 36.4 Å². The van der Waals surface area contributed by atoms with Crippen molar-refractivity contribution in [2.75, 3.05) is 0 Å². The molecule has 4 atom stereocenters. The maximum Gasteiger partial charge on any atom is 0.121 e. The summed E-state index contributed by atoms with van der Waals surface area (Å²) in [5.41, 5.74) is 13.4. The van der Waals surface area contributed by atoms with Gasteiger partial charge in [0.1, 0.15) is 11.2 Å². The van der Waals surface area contributed by atoms with Crippen LogP contribution in [0.5, 0.6) is 0 Å². The average Bonchev–Trinajstić information content (AvgIpc) is 3.90. The fourth-order valence-electron chi connectivity index (χ4n) is 11.7. The van der Waals surface area contributed by atoms with Crippen LogP contribution in [0.25, 0.3) is 77.5 Å². The minimum Gasteiger partial charge on any atom is -0.501 e. The number of rotatable bonds is 8. The minimum absolute atomic E-state index is 0. The molecule has 0 aliphatic heterocycles. The van der Waals surface area contributed by atoms with E-state index in [4.69, 9.17) is 18.8 Å². The van der Waals surface area contributed by atoms with E-state index in [1.54, 1.807) is 0 Å². The topological polar surface area (TPSA) is 52.1 Å². The summed E-state index contributed by atoms with van der Waals surface area (Å²) in [6.07, 6.45) is 13.7. The second kappa shape index (κ2) is 16.5.